The van der Waals surface area contributed by atoms with Crippen LogP contribution in [0.1, 0.15) is 38.3 Å². The van der Waals surface area contributed by atoms with Crippen LogP contribution >= 0.6 is 0 Å². The minimum Gasteiger partial charge on any atom is -0.383 e. The fourth-order valence-corrected chi connectivity index (χ4v) is 1.92. The van der Waals surface area contributed by atoms with Gasteiger partial charge in [-0.2, -0.15) is 0 Å². The minimum atomic E-state index is 0.499. The van der Waals surface area contributed by atoms with Crippen LogP contribution in [-0.4, -0.2) is 24.8 Å². The molecule has 0 bridgehead atoms. The van der Waals surface area contributed by atoms with E-state index in [1.807, 2.05) is 0 Å². The normalized spacial score (nSPS) is 12.9. The van der Waals surface area contributed by atoms with Crippen LogP contribution in [0.2, 0.25) is 0 Å². The summed E-state index contributed by atoms with van der Waals surface area (Å²) in [4.78, 5) is 0. The Balaban J connectivity index is 2.58. The zero-order valence-electron chi connectivity index (χ0n) is 10.7. The molecule has 0 saturated carbocycles. The zero-order valence-corrected chi connectivity index (χ0v) is 10.7. The molecule has 1 aromatic rings. The summed E-state index contributed by atoms with van der Waals surface area (Å²) in [5.74, 6) is 0. The molecule has 0 aliphatic heterocycles. The van der Waals surface area contributed by atoms with Gasteiger partial charge in [-0.3, -0.25) is 0 Å². The summed E-state index contributed by atoms with van der Waals surface area (Å²) in [7, 11) is 1.74. The lowest BCUT2D eigenvalue weighted by atomic mass is 10.1. The molecule has 0 amide bonds. The highest BCUT2D eigenvalue weighted by Gasteiger charge is 2.09. The number of hydrogen-bond acceptors (Lipinski definition) is 2. The Hall–Kier alpha value is -0.800. The van der Waals surface area contributed by atoms with Gasteiger partial charge in [0.05, 0.1) is 6.61 Å². The first kappa shape index (κ1) is 13.3. The molecule has 3 nitrogen and oxygen atoms in total. The van der Waals surface area contributed by atoms with Crippen molar-refractivity contribution in [3.8, 4) is 0 Å². The number of nitrogens with one attached hydrogen (secondary N) is 1. The molecule has 0 spiro atoms. The van der Waals surface area contributed by atoms with Gasteiger partial charge in [-0.1, -0.05) is 20.3 Å². The Morgan fingerprint density at radius 1 is 1.44 bits per heavy atom. The van der Waals surface area contributed by atoms with Crippen LogP contribution in [0.4, 0.5) is 0 Å². The summed E-state index contributed by atoms with van der Waals surface area (Å²) in [5.41, 5.74) is 1.39. The first-order valence-electron chi connectivity index (χ1n) is 6.19. The van der Waals surface area contributed by atoms with Crippen LogP contribution in [0.25, 0.3) is 0 Å². The topological polar surface area (TPSA) is 26.2 Å². The Bertz CT molecular complexity index is 277. The molecule has 3 heteroatoms. The van der Waals surface area contributed by atoms with Crippen molar-refractivity contribution in [3.05, 3.63) is 24.0 Å². The van der Waals surface area contributed by atoms with E-state index in [9.17, 15) is 0 Å². The van der Waals surface area contributed by atoms with E-state index >= 15 is 0 Å². The van der Waals surface area contributed by atoms with E-state index in [2.05, 4.69) is 42.2 Å². The van der Waals surface area contributed by atoms with Gasteiger partial charge in [0.2, 0.25) is 0 Å². The fourth-order valence-electron chi connectivity index (χ4n) is 1.92. The molecule has 0 fully saturated rings. The quantitative estimate of drug-likeness (QED) is 0.734. The van der Waals surface area contributed by atoms with Crippen LogP contribution in [0, 0.1) is 0 Å². The second-order valence-electron chi connectivity index (χ2n) is 4.07. The maximum Gasteiger partial charge on any atom is 0.0641 e. The SMILES string of the molecule is CCCC(NCC)c1ccn(CCOC)c1. The molecule has 1 heterocycles. The van der Waals surface area contributed by atoms with Gasteiger partial charge in [0, 0.05) is 32.1 Å². The summed E-state index contributed by atoms with van der Waals surface area (Å²) in [6, 6.07) is 2.71. The average molecular weight is 224 g/mol. The van der Waals surface area contributed by atoms with Crippen LogP contribution in [0.3, 0.4) is 0 Å². The lowest BCUT2D eigenvalue weighted by Crippen LogP contribution is -2.20. The standard InChI is InChI=1S/C13H24N2O/c1-4-6-13(14-5-2)12-7-8-15(11-12)9-10-16-3/h7-8,11,13-14H,4-6,9-10H2,1-3H3. The first-order valence-corrected chi connectivity index (χ1v) is 6.19. The summed E-state index contributed by atoms with van der Waals surface area (Å²) in [5, 5.41) is 3.52. The maximum absolute atomic E-state index is 5.07. The molecule has 1 N–H and O–H groups in total. The lowest BCUT2D eigenvalue weighted by Gasteiger charge is -2.15. The molecule has 0 aliphatic rings. The predicted molar refractivity (Wildman–Crippen MR) is 67.6 cm³/mol. The molecule has 1 unspecified atom stereocenters. The van der Waals surface area contributed by atoms with E-state index in [0.29, 0.717) is 6.04 Å². The second-order valence-corrected chi connectivity index (χ2v) is 4.07. The molecular formula is C13H24N2O. The fraction of sp³-hybridized carbons (Fsp3) is 0.692. The summed E-state index contributed by atoms with van der Waals surface area (Å²) in [6.07, 6.45) is 6.76. The van der Waals surface area contributed by atoms with E-state index in [0.717, 1.165) is 19.7 Å². The van der Waals surface area contributed by atoms with Crippen molar-refractivity contribution in [2.24, 2.45) is 0 Å². The first-order chi connectivity index (χ1) is 7.81. The largest absolute Gasteiger partial charge is 0.383 e. The number of aromatic nitrogens is 1. The lowest BCUT2D eigenvalue weighted by molar-refractivity contribution is 0.187. The van der Waals surface area contributed by atoms with Crippen molar-refractivity contribution in [1.29, 1.82) is 0 Å². The zero-order chi connectivity index (χ0) is 11.8. The predicted octanol–water partition coefficient (Wildman–Crippen LogP) is 2.59. The smallest absolute Gasteiger partial charge is 0.0641 e. The van der Waals surface area contributed by atoms with E-state index in [-0.39, 0.29) is 0 Å². The molecule has 0 radical (unpaired) electrons. The molecule has 1 rings (SSSR count). The third kappa shape index (κ3) is 3.99. The molecule has 0 saturated heterocycles. The average Bonchev–Trinajstić information content (AvgIpc) is 2.74. The van der Waals surface area contributed by atoms with Crippen molar-refractivity contribution in [3.63, 3.8) is 0 Å². The Kier molecular flexibility index (Phi) is 6.19. The van der Waals surface area contributed by atoms with Gasteiger partial charge in [-0.15, -0.1) is 0 Å². The van der Waals surface area contributed by atoms with Crippen LogP contribution in [0.5, 0.6) is 0 Å². The molecular weight excluding hydrogens is 200 g/mol. The maximum atomic E-state index is 5.07. The van der Waals surface area contributed by atoms with Gasteiger partial charge in [-0.05, 0) is 24.6 Å². The third-order valence-electron chi connectivity index (χ3n) is 2.76. The molecule has 1 aromatic heterocycles. The Morgan fingerprint density at radius 2 is 2.25 bits per heavy atom. The van der Waals surface area contributed by atoms with Gasteiger partial charge in [0.15, 0.2) is 0 Å². The van der Waals surface area contributed by atoms with Crippen LogP contribution in [0.15, 0.2) is 18.5 Å². The van der Waals surface area contributed by atoms with Crippen molar-refractivity contribution in [1.82, 2.24) is 9.88 Å². The summed E-state index contributed by atoms with van der Waals surface area (Å²) < 4.78 is 7.27. The minimum absolute atomic E-state index is 0.499. The molecule has 92 valence electrons. The van der Waals surface area contributed by atoms with Gasteiger partial charge >= 0.3 is 0 Å². The van der Waals surface area contributed by atoms with Gasteiger partial charge in [-0.25, -0.2) is 0 Å². The third-order valence-corrected chi connectivity index (χ3v) is 2.76. The van der Waals surface area contributed by atoms with Gasteiger partial charge < -0.3 is 14.6 Å². The van der Waals surface area contributed by atoms with Gasteiger partial charge in [0.25, 0.3) is 0 Å². The Labute approximate surface area is 98.8 Å². The highest BCUT2D eigenvalue weighted by molar-refractivity contribution is 5.15. The second kappa shape index (κ2) is 7.47. The molecule has 0 aliphatic carbocycles. The number of nitrogens with zero attached hydrogens (tertiary/aromatic N) is 1. The number of rotatable bonds is 8. The highest BCUT2D eigenvalue weighted by Crippen LogP contribution is 2.18. The summed E-state index contributed by atoms with van der Waals surface area (Å²) in [6.45, 7) is 7.11. The van der Waals surface area contributed by atoms with Crippen molar-refractivity contribution in [2.45, 2.75) is 39.3 Å². The van der Waals surface area contributed by atoms with Crippen molar-refractivity contribution < 1.29 is 4.74 Å². The molecule has 16 heavy (non-hydrogen) atoms. The monoisotopic (exact) mass is 224 g/mol. The van der Waals surface area contributed by atoms with Gasteiger partial charge in [0.1, 0.15) is 0 Å². The van der Waals surface area contributed by atoms with E-state index in [4.69, 9.17) is 4.74 Å². The van der Waals surface area contributed by atoms with Crippen LogP contribution in [-0.2, 0) is 11.3 Å². The Morgan fingerprint density at radius 3 is 2.88 bits per heavy atom. The molecule has 1 atom stereocenters. The van der Waals surface area contributed by atoms with E-state index in [1.165, 1.54) is 18.4 Å². The van der Waals surface area contributed by atoms with Crippen LogP contribution < -0.4 is 5.32 Å². The number of hydrogen-bond donors (Lipinski definition) is 1. The molecule has 0 aromatic carbocycles. The number of methoxy groups -OCH3 is 1. The number of ether oxygens (including phenoxy) is 1. The van der Waals surface area contributed by atoms with E-state index < -0.39 is 0 Å². The van der Waals surface area contributed by atoms with Crippen molar-refractivity contribution in [2.75, 3.05) is 20.3 Å². The summed E-state index contributed by atoms with van der Waals surface area (Å²) >= 11 is 0. The van der Waals surface area contributed by atoms with Crippen molar-refractivity contribution >= 4 is 0 Å². The van der Waals surface area contributed by atoms with E-state index in [1.54, 1.807) is 7.11 Å². The highest BCUT2D eigenvalue weighted by atomic mass is 16.5.